The summed E-state index contributed by atoms with van der Waals surface area (Å²) in [6.07, 6.45) is 1.01. The molecule has 2 rings (SSSR count). The van der Waals surface area contributed by atoms with Crippen LogP contribution in [-0.4, -0.2) is 33.6 Å². The highest BCUT2D eigenvalue weighted by Crippen LogP contribution is 2.18. The van der Waals surface area contributed by atoms with Gasteiger partial charge in [-0.3, -0.25) is 4.79 Å². The number of aromatic nitrogens is 4. The Morgan fingerprint density at radius 1 is 1.42 bits per heavy atom. The van der Waals surface area contributed by atoms with Crippen molar-refractivity contribution >= 4 is 5.91 Å². The van der Waals surface area contributed by atoms with E-state index in [1.165, 1.54) is 0 Å². The molecule has 7 nitrogen and oxygen atoms in total. The van der Waals surface area contributed by atoms with Crippen molar-refractivity contribution < 1.29 is 9.53 Å². The van der Waals surface area contributed by atoms with Crippen molar-refractivity contribution in [3.63, 3.8) is 0 Å². The molecule has 1 heterocycles. The summed E-state index contributed by atoms with van der Waals surface area (Å²) in [6.45, 7) is 0.279. The topological polar surface area (TPSA) is 92.8 Å². The number of para-hydroxylation sites is 1. The molecule has 0 aliphatic rings. The Hall–Kier alpha value is -2.44. The van der Waals surface area contributed by atoms with Crippen LogP contribution in [0.2, 0.25) is 0 Å². The number of ether oxygens (including phenoxy) is 1. The highest BCUT2D eigenvalue weighted by molar-refractivity contribution is 5.76. The van der Waals surface area contributed by atoms with Crippen LogP contribution in [0.4, 0.5) is 0 Å². The van der Waals surface area contributed by atoms with E-state index in [9.17, 15) is 4.79 Å². The van der Waals surface area contributed by atoms with Crippen LogP contribution in [-0.2, 0) is 17.8 Å². The molecule has 1 aromatic heterocycles. The Morgan fingerprint density at radius 2 is 2.26 bits per heavy atom. The van der Waals surface area contributed by atoms with Crippen LogP contribution in [0.25, 0.3) is 0 Å². The highest BCUT2D eigenvalue weighted by Gasteiger charge is 2.07. The number of methoxy groups -OCH3 is 1. The van der Waals surface area contributed by atoms with Crippen molar-refractivity contribution in [2.24, 2.45) is 0 Å². The third kappa shape index (κ3) is 3.77. The normalized spacial score (nSPS) is 10.2. The lowest BCUT2D eigenvalue weighted by atomic mass is 10.1. The molecule has 100 valence electrons. The second-order valence-corrected chi connectivity index (χ2v) is 3.92. The molecule has 0 fully saturated rings. The number of hydrogen-bond acceptors (Lipinski definition) is 5. The summed E-state index contributed by atoms with van der Waals surface area (Å²) in [6, 6.07) is 7.66. The molecule has 0 aliphatic heterocycles. The Kier molecular flexibility index (Phi) is 4.44. The monoisotopic (exact) mass is 261 g/mol. The summed E-state index contributed by atoms with van der Waals surface area (Å²) in [7, 11) is 1.62. The van der Waals surface area contributed by atoms with Gasteiger partial charge in [-0.2, -0.15) is 5.21 Å². The van der Waals surface area contributed by atoms with Gasteiger partial charge in [-0.1, -0.05) is 23.4 Å². The van der Waals surface area contributed by atoms with Crippen LogP contribution in [0.1, 0.15) is 17.8 Å². The molecule has 0 spiro atoms. The van der Waals surface area contributed by atoms with E-state index < -0.39 is 0 Å². The molecule has 0 saturated heterocycles. The minimum Gasteiger partial charge on any atom is -0.496 e. The van der Waals surface area contributed by atoms with Gasteiger partial charge in [0.15, 0.2) is 5.82 Å². The maximum absolute atomic E-state index is 11.7. The first-order valence-corrected chi connectivity index (χ1v) is 5.90. The Labute approximate surface area is 110 Å². The zero-order valence-electron chi connectivity index (χ0n) is 10.6. The van der Waals surface area contributed by atoms with E-state index in [2.05, 4.69) is 25.9 Å². The van der Waals surface area contributed by atoms with Crippen molar-refractivity contribution in [3.05, 3.63) is 35.7 Å². The van der Waals surface area contributed by atoms with Gasteiger partial charge in [0.2, 0.25) is 5.91 Å². The van der Waals surface area contributed by atoms with E-state index >= 15 is 0 Å². The molecule has 0 radical (unpaired) electrons. The van der Waals surface area contributed by atoms with Crippen LogP contribution in [0.15, 0.2) is 24.3 Å². The second-order valence-electron chi connectivity index (χ2n) is 3.92. The first-order valence-electron chi connectivity index (χ1n) is 5.90. The number of tetrazole rings is 1. The number of amides is 1. The zero-order chi connectivity index (χ0) is 13.5. The third-order valence-electron chi connectivity index (χ3n) is 2.65. The standard InChI is InChI=1S/C12H15N5O2/c1-19-10-5-3-2-4-9(10)6-7-12(18)13-8-11-14-16-17-15-11/h2-5H,6-8H2,1H3,(H,13,18)(H,14,15,16,17). The summed E-state index contributed by atoms with van der Waals surface area (Å²) in [5.74, 6) is 1.20. The average molecular weight is 261 g/mol. The molecular weight excluding hydrogens is 246 g/mol. The quantitative estimate of drug-likeness (QED) is 0.788. The number of hydrogen-bond donors (Lipinski definition) is 2. The van der Waals surface area contributed by atoms with Gasteiger partial charge < -0.3 is 10.1 Å². The summed E-state index contributed by atoms with van der Waals surface area (Å²) in [4.78, 5) is 11.7. The van der Waals surface area contributed by atoms with Crippen LogP contribution < -0.4 is 10.1 Å². The SMILES string of the molecule is COc1ccccc1CCC(=O)NCc1nn[nH]n1. The van der Waals surface area contributed by atoms with Gasteiger partial charge in [-0.05, 0) is 18.1 Å². The molecule has 2 aromatic rings. The lowest BCUT2D eigenvalue weighted by molar-refractivity contribution is -0.121. The van der Waals surface area contributed by atoms with Gasteiger partial charge >= 0.3 is 0 Å². The molecule has 0 atom stereocenters. The number of carbonyl (C=O) groups excluding carboxylic acids is 1. The molecule has 0 saturated carbocycles. The van der Waals surface area contributed by atoms with Crippen molar-refractivity contribution in [2.45, 2.75) is 19.4 Å². The minimum atomic E-state index is -0.0595. The molecule has 0 aliphatic carbocycles. The molecule has 0 unspecified atom stereocenters. The Bertz CT molecular complexity index is 527. The summed E-state index contributed by atoms with van der Waals surface area (Å²) < 4.78 is 5.23. The fourth-order valence-corrected chi connectivity index (χ4v) is 1.68. The van der Waals surface area contributed by atoms with Crippen LogP contribution in [0.5, 0.6) is 5.75 Å². The van der Waals surface area contributed by atoms with Gasteiger partial charge in [-0.25, -0.2) is 0 Å². The fourth-order valence-electron chi connectivity index (χ4n) is 1.68. The largest absolute Gasteiger partial charge is 0.496 e. The van der Waals surface area contributed by atoms with Crippen molar-refractivity contribution in [2.75, 3.05) is 7.11 Å². The number of aromatic amines is 1. The highest BCUT2D eigenvalue weighted by atomic mass is 16.5. The number of benzene rings is 1. The first-order chi connectivity index (χ1) is 9.29. The van der Waals surface area contributed by atoms with Crippen LogP contribution in [0.3, 0.4) is 0 Å². The fraction of sp³-hybridized carbons (Fsp3) is 0.333. The lowest BCUT2D eigenvalue weighted by Gasteiger charge is -2.07. The van der Waals surface area contributed by atoms with Crippen LogP contribution >= 0.6 is 0 Å². The van der Waals surface area contributed by atoms with E-state index in [4.69, 9.17) is 4.74 Å². The molecule has 19 heavy (non-hydrogen) atoms. The number of H-pyrrole nitrogens is 1. The minimum absolute atomic E-state index is 0.0595. The van der Waals surface area contributed by atoms with E-state index in [1.807, 2.05) is 24.3 Å². The van der Waals surface area contributed by atoms with E-state index in [0.717, 1.165) is 11.3 Å². The predicted octanol–water partition coefficient (Wildman–Crippen LogP) is 0.457. The van der Waals surface area contributed by atoms with Gasteiger partial charge in [0.1, 0.15) is 5.75 Å². The molecule has 0 bridgehead atoms. The van der Waals surface area contributed by atoms with Crippen molar-refractivity contribution in [1.82, 2.24) is 25.9 Å². The van der Waals surface area contributed by atoms with Gasteiger partial charge in [-0.15, -0.1) is 10.2 Å². The van der Waals surface area contributed by atoms with Crippen molar-refractivity contribution in [3.8, 4) is 5.75 Å². The van der Waals surface area contributed by atoms with E-state index in [1.54, 1.807) is 7.11 Å². The Morgan fingerprint density at radius 3 is 3.00 bits per heavy atom. The number of rotatable bonds is 6. The second kappa shape index (κ2) is 6.48. The van der Waals surface area contributed by atoms with Gasteiger partial charge in [0, 0.05) is 6.42 Å². The third-order valence-corrected chi connectivity index (χ3v) is 2.65. The number of nitrogens with zero attached hydrogens (tertiary/aromatic N) is 3. The maximum atomic E-state index is 11.7. The smallest absolute Gasteiger partial charge is 0.220 e. The van der Waals surface area contributed by atoms with Gasteiger partial charge in [0.05, 0.1) is 13.7 Å². The molecule has 1 aromatic carbocycles. The molecular formula is C12H15N5O2. The zero-order valence-corrected chi connectivity index (χ0v) is 10.6. The van der Waals surface area contributed by atoms with Crippen LogP contribution in [0, 0.1) is 0 Å². The summed E-state index contributed by atoms with van der Waals surface area (Å²) in [5.41, 5.74) is 1.01. The predicted molar refractivity (Wildman–Crippen MR) is 67.3 cm³/mol. The first kappa shape index (κ1) is 13.0. The lowest BCUT2D eigenvalue weighted by Crippen LogP contribution is -2.23. The van der Waals surface area contributed by atoms with E-state index in [0.29, 0.717) is 18.7 Å². The van der Waals surface area contributed by atoms with Gasteiger partial charge in [0.25, 0.3) is 0 Å². The molecule has 2 N–H and O–H groups in total. The average Bonchev–Trinajstić information content (AvgIpc) is 2.96. The van der Waals surface area contributed by atoms with Crippen molar-refractivity contribution in [1.29, 1.82) is 0 Å². The number of nitrogens with one attached hydrogen (secondary N) is 2. The number of carbonyl (C=O) groups is 1. The molecule has 7 heteroatoms. The summed E-state index contributed by atoms with van der Waals surface area (Å²) >= 11 is 0. The maximum Gasteiger partial charge on any atom is 0.220 e. The molecule has 1 amide bonds. The summed E-state index contributed by atoms with van der Waals surface area (Å²) in [5, 5.41) is 16.0. The Balaban J connectivity index is 1.80. The van der Waals surface area contributed by atoms with E-state index in [-0.39, 0.29) is 12.5 Å². The number of aryl methyl sites for hydroxylation is 1.